The molecule has 106 valence electrons. The summed E-state index contributed by atoms with van der Waals surface area (Å²) in [6, 6.07) is 9.95. The van der Waals surface area contributed by atoms with Crippen LogP contribution in [-0.2, 0) is 6.54 Å². The fourth-order valence-electron chi connectivity index (χ4n) is 2.35. The second-order valence-corrected chi connectivity index (χ2v) is 4.80. The van der Waals surface area contributed by atoms with Crippen LogP contribution in [0, 0.1) is 11.6 Å². The first kappa shape index (κ1) is 13.3. The van der Waals surface area contributed by atoms with E-state index in [1.165, 1.54) is 18.2 Å². The molecular weight excluding hydrogens is 276 g/mol. The molecule has 0 saturated heterocycles. The van der Waals surface area contributed by atoms with Gasteiger partial charge >= 0.3 is 5.97 Å². The summed E-state index contributed by atoms with van der Waals surface area (Å²) in [4.78, 5) is 11.0. The Balaban J connectivity index is 2.03. The molecule has 0 amide bonds. The minimum atomic E-state index is -1.01. The topological polar surface area (TPSA) is 42.2 Å². The highest BCUT2D eigenvalue weighted by Crippen LogP contribution is 2.20. The third-order valence-corrected chi connectivity index (χ3v) is 3.30. The van der Waals surface area contributed by atoms with Crippen LogP contribution in [0.3, 0.4) is 0 Å². The molecule has 3 nitrogen and oxygen atoms in total. The van der Waals surface area contributed by atoms with Gasteiger partial charge in [-0.05, 0) is 41.3 Å². The Bertz CT molecular complexity index is 819. The minimum Gasteiger partial charge on any atom is -0.478 e. The van der Waals surface area contributed by atoms with E-state index in [1.54, 1.807) is 22.9 Å². The molecule has 0 fully saturated rings. The van der Waals surface area contributed by atoms with Crippen LogP contribution in [-0.4, -0.2) is 15.6 Å². The number of hydrogen-bond donors (Lipinski definition) is 1. The van der Waals surface area contributed by atoms with Crippen molar-refractivity contribution in [1.29, 1.82) is 0 Å². The largest absolute Gasteiger partial charge is 0.478 e. The molecule has 0 radical (unpaired) electrons. The monoisotopic (exact) mass is 287 g/mol. The van der Waals surface area contributed by atoms with Crippen molar-refractivity contribution in [3.8, 4) is 0 Å². The molecule has 2 aromatic carbocycles. The number of aromatic nitrogens is 1. The van der Waals surface area contributed by atoms with E-state index in [9.17, 15) is 13.6 Å². The molecule has 0 saturated carbocycles. The highest BCUT2D eigenvalue weighted by molar-refractivity contribution is 5.93. The summed E-state index contributed by atoms with van der Waals surface area (Å²) in [5.41, 5.74) is 1.36. The number of fused-ring (bicyclic) bond motifs is 1. The van der Waals surface area contributed by atoms with Crippen LogP contribution < -0.4 is 0 Å². The van der Waals surface area contributed by atoms with Crippen LogP contribution >= 0.6 is 0 Å². The van der Waals surface area contributed by atoms with Crippen LogP contribution in [0.5, 0.6) is 0 Å². The molecule has 0 aliphatic rings. The van der Waals surface area contributed by atoms with Gasteiger partial charge in [0.2, 0.25) is 0 Å². The number of benzene rings is 2. The molecule has 0 aliphatic heterocycles. The van der Waals surface area contributed by atoms with Gasteiger partial charge < -0.3 is 9.67 Å². The van der Waals surface area contributed by atoms with Crippen LogP contribution in [0.4, 0.5) is 8.78 Å². The standard InChI is InChI=1S/C16H11F2NO2/c17-13-5-10(6-14(18)8-13)9-19-4-3-11-1-2-12(16(20)21)7-15(11)19/h1-8H,9H2,(H,20,21). The first-order valence-electron chi connectivity index (χ1n) is 6.30. The molecule has 21 heavy (non-hydrogen) atoms. The Hall–Kier alpha value is -2.69. The lowest BCUT2D eigenvalue weighted by Crippen LogP contribution is -2.01. The number of hydrogen-bond acceptors (Lipinski definition) is 1. The lowest BCUT2D eigenvalue weighted by Gasteiger charge is -2.07. The molecule has 3 rings (SSSR count). The molecule has 1 heterocycles. The Kier molecular flexibility index (Phi) is 3.17. The number of rotatable bonds is 3. The lowest BCUT2D eigenvalue weighted by atomic mass is 10.1. The van der Waals surface area contributed by atoms with Crippen LogP contribution in [0.25, 0.3) is 10.9 Å². The number of carboxylic acid groups (broad SMARTS) is 1. The van der Waals surface area contributed by atoms with E-state index in [0.29, 0.717) is 11.1 Å². The summed E-state index contributed by atoms with van der Waals surface area (Å²) in [5, 5.41) is 9.90. The van der Waals surface area contributed by atoms with E-state index in [2.05, 4.69) is 0 Å². The molecule has 0 spiro atoms. The quantitative estimate of drug-likeness (QED) is 0.798. The van der Waals surface area contributed by atoms with Gasteiger partial charge in [0.05, 0.1) is 5.56 Å². The molecular formula is C16H11F2NO2. The maximum Gasteiger partial charge on any atom is 0.335 e. The summed E-state index contributed by atoms with van der Waals surface area (Å²) in [6.07, 6.45) is 1.76. The van der Waals surface area contributed by atoms with Gasteiger partial charge in [-0.15, -0.1) is 0 Å². The Morgan fingerprint density at radius 3 is 2.43 bits per heavy atom. The average Bonchev–Trinajstić information content (AvgIpc) is 2.80. The molecule has 0 aliphatic carbocycles. The zero-order chi connectivity index (χ0) is 15.0. The van der Waals surface area contributed by atoms with Gasteiger partial charge in [-0.2, -0.15) is 0 Å². The zero-order valence-corrected chi connectivity index (χ0v) is 10.9. The van der Waals surface area contributed by atoms with Gasteiger partial charge in [0.15, 0.2) is 0 Å². The van der Waals surface area contributed by atoms with Gasteiger partial charge in [0, 0.05) is 24.3 Å². The highest BCUT2D eigenvalue weighted by Gasteiger charge is 2.08. The predicted molar refractivity (Wildman–Crippen MR) is 74.4 cm³/mol. The number of aromatic carboxylic acids is 1. The van der Waals surface area contributed by atoms with Crippen LogP contribution in [0.1, 0.15) is 15.9 Å². The van der Waals surface area contributed by atoms with Crippen molar-refractivity contribution in [3.63, 3.8) is 0 Å². The van der Waals surface area contributed by atoms with Crippen molar-refractivity contribution in [3.05, 3.63) is 71.4 Å². The molecule has 0 unspecified atom stereocenters. The SMILES string of the molecule is O=C(O)c1ccc2ccn(Cc3cc(F)cc(F)c3)c2c1. The molecule has 0 atom stereocenters. The van der Waals surface area contributed by atoms with Crippen molar-refractivity contribution in [2.75, 3.05) is 0 Å². The van der Waals surface area contributed by atoms with Gasteiger partial charge in [-0.1, -0.05) is 6.07 Å². The van der Waals surface area contributed by atoms with Crippen molar-refractivity contribution < 1.29 is 18.7 Å². The van der Waals surface area contributed by atoms with E-state index in [4.69, 9.17) is 5.11 Å². The first-order valence-corrected chi connectivity index (χ1v) is 6.30. The van der Waals surface area contributed by atoms with Gasteiger partial charge in [-0.25, -0.2) is 13.6 Å². The normalized spacial score (nSPS) is 11.0. The van der Waals surface area contributed by atoms with E-state index in [0.717, 1.165) is 11.5 Å². The molecule has 1 aromatic heterocycles. The third-order valence-electron chi connectivity index (χ3n) is 3.30. The molecule has 0 bridgehead atoms. The Morgan fingerprint density at radius 2 is 1.76 bits per heavy atom. The number of nitrogens with zero attached hydrogens (tertiary/aromatic N) is 1. The van der Waals surface area contributed by atoms with Crippen molar-refractivity contribution in [2.24, 2.45) is 0 Å². The zero-order valence-electron chi connectivity index (χ0n) is 10.9. The summed E-state index contributed by atoms with van der Waals surface area (Å²) >= 11 is 0. The van der Waals surface area contributed by atoms with Gasteiger partial charge in [-0.3, -0.25) is 0 Å². The van der Waals surface area contributed by atoms with E-state index < -0.39 is 17.6 Å². The van der Waals surface area contributed by atoms with Gasteiger partial charge in [0.1, 0.15) is 11.6 Å². The minimum absolute atomic E-state index is 0.174. The van der Waals surface area contributed by atoms with Gasteiger partial charge in [0.25, 0.3) is 0 Å². The van der Waals surface area contributed by atoms with E-state index in [-0.39, 0.29) is 12.1 Å². The summed E-state index contributed by atoms with van der Waals surface area (Å²) < 4.78 is 28.2. The number of carbonyl (C=O) groups is 1. The fraction of sp³-hybridized carbons (Fsp3) is 0.0625. The Labute approximate surface area is 119 Å². The number of halogens is 2. The molecule has 5 heteroatoms. The maximum atomic E-state index is 13.2. The van der Waals surface area contributed by atoms with Crippen molar-refractivity contribution in [1.82, 2.24) is 4.57 Å². The average molecular weight is 287 g/mol. The maximum absolute atomic E-state index is 13.2. The molecule has 3 aromatic rings. The number of carboxylic acids is 1. The Morgan fingerprint density at radius 1 is 1.05 bits per heavy atom. The second-order valence-electron chi connectivity index (χ2n) is 4.80. The lowest BCUT2D eigenvalue weighted by molar-refractivity contribution is 0.0697. The third kappa shape index (κ3) is 2.63. The first-order chi connectivity index (χ1) is 10.0. The van der Waals surface area contributed by atoms with E-state index in [1.807, 2.05) is 6.07 Å². The molecule has 1 N–H and O–H groups in total. The predicted octanol–water partition coefficient (Wildman–Crippen LogP) is 3.67. The smallest absolute Gasteiger partial charge is 0.335 e. The van der Waals surface area contributed by atoms with E-state index >= 15 is 0 Å². The summed E-state index contributed by atoms with van der Waals surface area (Å²) in [7, 11) is 0. The van der Waals surface area contributed by atoms with Crippen LogP contribution in [0.15, 0.2) is 48.7 Å². The highest BCUT2D eigenvalue weighted by atomic mass is 19.1. The van der Waals surface area contributed by atoms with Crippen LogP contribution in [0.2, 0.25) is 0 Å². The van der Waals surface area contributed by atoms with Crippen molar-refractivity contribution in [2.45, 2.75) is 6.54 Å². The summed E-state index contributed by atoms with van der Waals surface area (Å²) in [5.74, 6) is -2.28. The fourth-order valence-corrected chi connectivity index (χ4v) is 2.35. The summed E-state index contributed by atoms with van der Waals surface area (Å²) in [6.45, 7) is 0.265. The second kappa shape index (κ2) is 5.01. The van der Waals surface area contributed by atoms with Crippen molar-refractivity contribution >= 4 is 16.9 Å².